The summed E-state index contributed by atoms with van der Waals surface area (Å²) >= 11 is 0. The summed E-state index contributed by atoms with van der Waals surface area (Å²) < 4.78 is 0. The fourth-order valence-corrected chi connectivity index (χ4v) is 9.63. The largest absolute Gasteiger partial charge is 0.394 e. The van der Waals surface area contributed by atoms with Gasteiger partial charge in [-0.1, -0.05) is 308 Å². The van der Waals surface area contributed by atoms with Gasteiger partial charge < -0.3 is 20.6 Å². The van der Waals surface area contributed by atoms with Crippen LogP contribution in [-0.4, -0.2) is 46.1 Å². The molecule has 3 atom stereocenters. The van der Waals surface area contributed by atoms with Crippen LogP contribution >= 0.6 is 0 Å². The number of aliphatic hydroxyl groups excluding tert-OH is 3. The second-order valence-electron chi connectivity index (χ2n) is 21.0. The highest BCUT2D eigenvalue weighted by molar-refractivity contribution is 5.76. The molecule has 0 radical (unpaired) electrons. The molecule has 1 amide bonds. The molecule has 0 fully saturated rings. The molecule has 0 bridgehead atoms. The lowest BCUT2D eigenvalue weighted by Gasteiger charge is -2.21. The molecule has 0 aromatic carbocycles. The van der Waals surface area contributed by atoms with E-state index < -0.39 is 18.2 Å². The van der Waals surface area contributed by atoms with Crippen molar-refractivity contribution in [3.63, 3.8) is 0 Å². The van der Waals surface area contributed by atoms with E-state index in [2.05, 4.69) is 31.3 Å². The third-order valence-electron chi connectivity index (χ3n) is 14.2. The Hall–Kier alpha value is -1.17. The number of rotatable bonds is 56. The minimum Gasteiger partial charge on any atom is -0.394 e. The van der Waals surface area contributed by atoms with Crippen molar-refractivity contribution in [2.45, 2.75) is 353 Å². The number of allylic oxidation sites excluding steroid dienone is 3. The van der Waals surface area contributed by atoms with E-state index in [1.807, 2.05) is 6.08 Å². The molecule has 0 saturated carbocycles. The fraction of sp³-hybridized carbons (Fsp3) is 0.918. The number of nitrogens with one attached hydrogen (secondary N) is 1. The zero-order chi connectivity index (χ0) is 47.9. The quantitative estimate of drug-likeness (QED) is 0.0361. The first-order chi connectivity index (χ1) is 32.5. The normalized spacial score (nSPS) is 13.3. The Morgan fingerprint density at radius 1 is 0.379 bits per heavy atom. The van der Waals surface area contributed by atoms with Gasteiger partial charge in [0.05, 0.1) is 31.3 Å². The minimum atomic E-state index is -0.927. The number of aliphatic hydroxyl groups is 3. The molecule has 4 N–H and O–H groups in total. The zero-order valence-corrected chi connectivity index (χ0v) is 44.9. The first kappa shape index (κ1) is 64.8. The van der Waals surface area contributed by atoms with E-state index in [0.717, 1.165) is 25.7 Å². The van der Waals surface area contributed by atoms with E-state index in [4.69, 9.17) is 0 Å². The van der Waals surface area contributed by atoms with E-state index in [1.54, 1.807) is 6.08 Å². The first-order valence-corrected chi connectivity index (χ1v) is 30.1. The van der Waals surface area contributed by atoms with Gasteiger partial charge in [0.25, 0.3) is 0 Å². The Morgan fingerprint density at radius 2 is 0.636 bits per heavy atom. The maximum Gasteiger partial charge on any atom is 0.222 e. The van der Waals surface area contributed by atoms with Crippen molar-refractivity contribution >= 4 is 5.91 Å². The van der Waals surface area contributed by atoms with Gasteiger partial charge in [-0.15, -0.1) is 0 Å². The van der Waals surface area contributed by atoms with E-state index >= 15 is 0 Å². The van der Waals surface area contributed by atoms with E-state index in [9.17, 15) is 20.1 Å². The smallest absolute Gasteiger partial charge is 0.222 e. The molecule has 0 aromatic heterocycles. The van der Waals surface area contributed by atoms with Crippen LogP contribution in [0.3, 0.4) is 0 Å². The fourth-order valence-electron chi connectivity index (χ4n) is 9.63. The van der Waals surface area contributed by atoms with Gasteiger partial charge in [0.2, 0.25) is 5.91 Å². The number of amides is 1. The average molecular weight is 931 g/mol. The number of hydrogen-bond donors (Lipinski definition) is 4. The number of carbonyl (C=O) groups is 1. The molecule has 0 aliphatic heterocycles. The van der Waals surface area contributed by atoms with Gasteiger partial charge >= 0.3 is 0 Å². The van der Waals surface area contributed by atoms with Gasteiger partial charge in [0.15, 0.2) is 0 Å². The maximum absolute atomic E-state index is 12.5. The molecular weight excluding hydrogens is 811 g/mol. The topological polar surface area (TPSA) is 89.8 Å². The van der Waals surface area contributed by atoms with Crippen LogP contribution in [0.2, 0.25) is 0 Å². The number of carbonyl (C=O) groups excluding carboxylic acids is 1. The zero-order valence-electron chi connectivity index (χ0n) is 44.9. The molecule has 0 saturated heterocycles. The van der Waals surface area contributed by atoms with Crippen molar-refractivity contribution in [1.29, 1.82) is 0 Å². The summed E-state index contributed by atoms with van der Waals surface area (Å²) in [5.41, 5.74) is 0. The number of hydrogen-bond acceptors (Lipinski definition) is 4. The summed E-state index contributed by atoms with van der Waals surface area (Å²) in [4.78, 5) is 12.5. The number of unbranched alkanes of at least 4 members (excludes halogenated alkanes) is 45. The van der Waals surface area contributed by atoms with Gasteiger partial charge in [0, 0.05) is 0 Å². The van der Waals surface area contributed by atoms with Crippen LogP contribution in [0, 0.1) is 0 Å². The summed E-state index contributed by atoms with van der Waals surface area (Å²) in [5.74, 6) is -0.311. The average Bonchev–Trinajstić information content (AvgIpc) is 3.31. The lowest BCUT2D eigenvalue weighted by Crippen LogP contribution is -2.45. The van der Waals surface area contributed by atoms with Crippen LogP contribution in [0.1, 0.15) is 335 Å². The van der Waals surface area contributed by atoms with Crippen molar-refractivity contribution in [3.8, 4) is 0 Å². The third kappa shape index (κ3) is 52.2. The summed E-state index contributed by atoms with van der Waals surface area (Å²) in [6.07, 6.45) is 72.6. The summed E-state index contributed by atoms with van der Waals surface area (Å²) in [6.45, 7) is 4.24. The summed E-state index contributed by atoms with van der Waals surface area (Å²) in [5, 5.41) is 33.4. The van der Waals surface area contributed by atoms with Crippen LogP contribution in [0.4, 0.5) is 0 Å². The highest BCUT2D eigenvalue weighted by Crippen LogP contribution is 2.18. The van der Waals surface area contributed by atoms with Crippen LogP contribution in [0.25, 0.3) is 0 Å². The molecule has 0 rings (SSSR count). The lowest BCUT2D eigenvalue weighted by molar-refractivity contribution is -0.124. The van der Waals surface area contributed by atoms with Gasteiger partial charge in [-0.2, -0.15) is 0 Å². The Balaban J connectivity index is 3.45. The highest BCUT2D eigenvalue weighted by atomic mass is 16.3. The molecular formula is C61H119NO4. The predicted octanol–water partition coefficient (Wildman–Crippen LogP) is 18.8. The molecule has 0 aromatic rings. The monoisotopic (exact) mass is 930 g/mol. The molecule has 0 spiro atoms. The molecule has 0 aliphatic rings. The van der Waals surface area contributed by atoms with Crippen LogP contribution in [-0.2, 0) is 4.79 Å². The molecule has 0 aliphatic carbocycles. The van der Waals surface area contributed by atoms with Gasteiger partial charge in [-0.25, -0.2) is 0 Å². The van der Waals surface area contributed by atoms with Crippen LogP contribution in [0.5, 0.6) is 0 Å². The highest BCUT2D eigenvalue weighted by Gasteiger charge is 2.20. The molecule has 66 heavy (non-hydrogen) atoms. The second kappa shape index (κ2) is 56.4. The van der Waals surface area contributed by atoms with Crippen molar-refractivity contribution in [3.05, 3.63) is 24.3 Å². The molecule has 392 valence electrons. The Morgan fingerprint density at radius 3 is 0.924 bits per heavy atom. The minimum absolute atomic E-state index is 0.0170. The Bertz CT molecular complexity index is 982. The maximum atomic E-state index is 12.5. The van der Waals surface area contributed by atoms with Crippen LogP contribution in [0.15, 0.2) is 24.3 Å². The predicted molar refractivity (Wildman–Crippen MR) is 292 cm³/mol. The van der Waals surface area contributed by atoms with Gasteiger partial charge in [-0.05, 0) is 44.9 Å². The van der Waals surface area contributed by atoms with Crippen LogP contribution < -0.4 is 5.32 Å². The van der Waals surface area contributed by atoms with E-state index in [-0.39, 0.29) is 18.9 Å². The Labute approximate surface area is 413 Å². The molecule has 3 unspecified atom stereocenters. The van der Waals surface area contributed by atoms with Crippen molar-refractivity contribution in [2.75, 3.05) is 6.61 Å². The molecule has 5 nitrogen and oxygen atoms in total. The van der Waals surface area contributed by atoms with Crippen molar-refractivity contribution in [2.24, 2.45) is 0 Å². The molecule has 0 heterocycles. The van der Waals surface area contributed by atoms with Crippen molar-refractivity contribution < 1.29 is 20.1 Å². The standard InChI is InChI=1S/C61H119NO4/c1-3-5-7-9-11-13-15-17-19-20-21-22-23-24-25-26-27-28-29-30-31-32-33-34-35-36-37-38-39-40-41-42-44-46-48-50-52-54-58(64)56-61(66)62-59(57-63)60(65)55-53-51-49-47-45-43-18-16-14-12-10-8-6-4-2/h30-31,53,55,58-60,63-65H,3-29,32-52,54,56-57H2,1-2H3,(H,62,66)/b31-30-,55-53+. The van der Waals surface area contributed by atoms with E-state index in [0.29, 0.717) is 6.42 Å². The first-order valence-electron chi connectivity index (χ1n) is 30.1. The summed E-state index contributed by atoms with van der Waals surface area (Å²) in [6, 6.07) is -0.742. The van der Waals surface area contributed by atoms with Crippen molar-refractivity contribution in [1.82, 2.24) is 5.32 Å². The SMILES string of the molecule is CCCCCCCCCCCCCC/C=C/C(O)C(CO)NC(=O)CC(O)CCCCCCCCCCCCCCCCC/C=C\CCCCCCCCCCCCCCCCCCCC. The van der Waals surface area contributed by atoms with E-state index in [1.165, 1.54) is 283 Å². The van der Waals surface area contributed by atoms with Gasteiger partial charge in [-0.3, -0.25) is 4.79 Å². The van der Waals surface area contributed by atoms with Gasteiger partial charge in [0.1, 0.15) is 0 Å². The Kier molecular flexibility index (Phi) is 55.4. The molecule has 5 heteroatoms. The summed E-state index contributed by atoms with van der Waals surface area (Å²) in [7, 11) is 0. The second-order valence-corrected chi connectivity index (χ2v) is 21.0. The third-order valence-corrected chi connectivity index (χ3v) is 14.2. The lowest BCUT2D eigenvalue weighted by atomic mass is 10.0.